The highest BCUT2D eigenvalue weighted by molar-refractivity contribution is 5.58. The number of nitrogens with one attached hydrogen (secondary N) is 1. The number of benzene rings is 1. The molecule has 2 atom stereocenters. The first kappa shape index (κ1) is 31.7. The number of likely N-dealkylation sites (N-methyl/N-ethyl adjacent to an activating group) is 1. The van der Waals surface area contributed by atoms with Crippen molar-refractivity contribution < 1.29 is 26.7 Å². The van der Waals surface area contributed by atoms with Crippen LogP contribution < -0.4 is 11.0 Å². The van der Waals surface area contributed by atoms with Crippen molar-refractivity contribution in [2.24, 2.45) is 5.92 Å². The maximum absolute atomic E-state index is 14.4. The third kappa shape index (κ3) is 6.15. The summed E-state index contributed by atoms with van der Waals surface area (Å²) >= 11 is 0. The molecule has 5 heterocycles. The van der Waals surface area contributed by atoms with Gasteiger partial charge in [0.05, 0.1) is 36.1 Å². The zero-order valence-corrected chi connectivity index (χ0v) is 25.6. The molecule has 13 heteroatoms. The summed E-state index contributed by atoms with van der Waals surface area (Å²) in [5.41, 5.74) is -0.734. The standard InChI is InChI=1S/C32H39F5N6O2/c1-21(2)26-17-39(3)10-11-40(26)15-22-12-25(32(35,36)37)27-18-42(30(44)43(27)16-22)24-7-4-6-23(13-24)31(19-45-20-31)14-28-38-8-5-9-41(28)29(33)34/h4-8,12-13,16,18,21,26,28-29,38H,9-11,14-15,17,19-20H2,1-3H3/t26-,28?/m1/s1. The number of piperazine rings is 1. The van der Waals surface area contributed by atoms with Crippen molar-refractivity contribution in [1.82, 2.24) is 29.0 Å². The van der Waals surface area contributed by atoms with Crippen LogP contribution in [0.1, 0.15) is 37.0 Å². The predicted octanol–water partition coefficient (Wildman–Crippen LogP) is 4.51. The van der Waals surface area contributed by atoms with Gasteiger partial charge in [0, 0.05) is 56.6 Å². The molecule has 2 saturated heterocycles. The summed E-state index contributed by atoms with van der Waals surface area (Å²) in [6.45, 7) is 4.91. The van der Waals surface area contributed by atoms with E-state index in [2.05, 4.69) is 29.0 Å². The Hall–Kier alpha value is -3.26. The highest BCUT2D eigenvalue weighted by Crippen LogP contribution is 2.39. The number of alkyl halides is 5. The zero-order chi connectivity index (χ0) is 32.1. The largest absolute Gasteiger partial charge is 0.418 e. The number of pyridine rings is 1. The Bertz CT molecular complexity index is 1610. The smallest absolute Gasteiger partial charge is 0.379 e. The van der Waals surface area contributed by atoms with Crippen LogP contribution in [0.3, 0.4) is 0 Å². The number of hydrogen-bond acceptors (Lipinski definition) is 6. The molecule has 8 nitrogen and oxygen atoms in total. The molecule has 0 radical (unpaired) electrons. The van der Waals surface area contributed by atoms with Gasteiger partial charge < -0.3 is 15.0 Å². The van der Waals surface area contributed by atoms with Crippen LogP contribution in [0, 0.1) is 5.92 Å². The second-order valence-corrected chi connectivity index (χ2v) is 12.9. The minimum atomic E-state index is -4.67. The van der Waals surface area contributed by atoms with Crippen LogP contribution in [-0.4, -0.2) is 88.9 Å². The van der Waals surface area contributed by atoms with E-state index in [0.29, 0.717) is 49.9 Å². The van der Waals surface area contributed by atoms with Gasteiger partial charge in [0.2, 0.25) is 0 Å². The van der Waals surface area contributed by atoms with Crippen LogP contribution in [0.5, 0.6) is 0 Å². The lowest BCUT2D eigenvalue weighted by molar-refractivity contribution is -0.136. The van der Waals surface area contributed by atoms with Crippen molar-refractivity contribution >= 4 is 5.52 Å². The molecule has 6 rings (SSSR count). The van der Waals surface area contributed by atoms with E-state index >= 15 is 0 Å². The molecule has 3 aliphatic rings. The number of aromatic nitrogens is 2. The molecule has 2 fully saturated rings. The van der Waals surface area contributed by atoms with Crippen LogP contribution in [-0.2, 0) is 22.9 Å². The van der Waals surface area contributed by atoms with Gasteiger partial charge in [-0.3, -0.25) is 13.9 Å². The Morgan fingerprint density at radius 1 is 1.11 bits per heavy atom. The van der Waals surface area contributed by atoms with Crippen molar-refractivity contribution in [3.8, 4) is 5.69 Å². The van der Waals surface area contributed by atoms with Gasteiger partial charge in [0.1, 0.15) is 0 Å². The van der Waals surface area contributed by atoms with E-state index in [1.165, 1.54) is 17.0 Å². The Labute approximate surface area is 258 Å². The average molecular weight is 635 g/mol. The lowest BCUT2D eigenvalue weighted by Crippen LogP contribution is -2.57. The summed E-state index contributed by atoms with van der Waals surface area (Å²) < 4.78 is 78.7. The minimum absolute atomic E-state index is 0.107. The molecule has 2 aromatic heterocycles. The van der Waals surface area contributed by atoms with E-state index in [-0.39, 0.29) is 18.1 Å². The van der Waals surface area contributed by atoms with Gasteiger partial charge in [0.25, 0.3) is 6.55 Å². The van der Waals surface area contributed by atoms with Crippen LogP contribution in [0.2, 0.25) is 0 Å². The number of fused-ring (bicyclic) bond motifs is 1. The second kappa shape index (κ2) is 12.2. The van der Waals surface area contributed by atoms with Crippen LogP contribution in [0.4, 0.5) is 22.0 Å². The molecule has 1 aromatic carbocycles. The maximum atomic E-state index is 14.4. The third-order valence-corrected chi connectivity index (χ3v) is 9.47. The molecule has 0 amide bonds. The van der Waals surface area contributed by atoms with E-state index in [9.17, 15) is 26.7 Å². The lowest BCUT2D eigenvalue weighted by atomic mass is 9.74. The Kier molecular flexibility index (Phi) is 8.57. The fourth-order valence-corrected chi connectivity index (χ4v) is 6.87. The van der Waals surface area contributed by atoms with Crippen molar-refractivity contribution in [1.29, 1.82) is 0 Å². The van der Waals surface area contributed by atoms with E-state index in [0.717, 1.165) is 34.0 Å². The minimum Gasteiger partial charge on any atom is -0.379 e. The molecule has 45 heavy (non-hydrogen) atoms. The fraction of sp³-hybridized carbons (Fsp3) is 0.531. The average Bonchev–Trinajstić information content (AvgIpc) is 3.31. The molecule has 0 aliphatic carbocycles. The van der Waals surface area contributed by atoms with Crippen LogP contribution >= 0.6 is 0 Å². The van der Waals surface area contributed by atoms with E-state index in [4.69, 9.17) is 4.74 Å². The zero-order valence-electron chi connectivity index (χ0n) is 25.6. The van der Waals surface area contributed by atoms with Crippen LogP contribution in [0.25, 0.3) is 11.2 Å². The Morgan fingerprint density at radius 2 is 1.89 bits per heavy atom. The quantitative estimate of drug-likeness (QED) is 0.291. The molecular weight excluding hydrogens is 595 g/mol. The first-order valence-electron chi connectivity index (χ1n) is 15.3. The second-order valence-electron chi connectivity index (χ2n) is 12.9. The van der Waals surface area contributed by atoms with Crippen molar-refractivity contribution in [2.45, 2.75) is 57.2 Å². The maximum Gasteiger partial charge on any atom is 0.418 e. The van der Waals surface area contributed by atoms with Gasteiger partial charge in [-0.1, -0.05) is 32.1 Å². The van der Waals surface area contributed by atoms with Gasteiger partial charge in [-0.05, 0) is 54.9 Å². The first-order chi connectivity index (χ1) is 21.4. The van der Waals surface area contributed by atoms with E-state index in [1.807, 2.05) is 13.1 Å². The van der Waals surface area contributed by atoms with E-state index in [1.54, 1.807) is 30.5 Å². The SMILES string of the molecule is CC(C)[C@H]1CN(C)CCN1Cc1cc(C(F)(F)F)c2cn(-c3cccc(C4(CC5NC=CCN5C(F)F)COC4)c3)c(=O)n2c1. The summed E-state index contributed by atoms with van der Waals surface area (Å²) in [5, 5.41) is 3.02. The summed E-state index contributed by atoms with van der Waals surface area (Å²) in [5.74, 6) is 0.308. The Morgan fingerprint density at radius 3 is 2.56 bits per heavy atom. The number of ether oxygens (including phenoxy) is 1. The first-order valence-corrected chi connectivity index (χ1v) is 15.3. The van der Waals surface area contributed by atoms with Gasteiger partial charge in [0.15, 0.2) is 0 Å². The van der Waals surface area contributed by atoms with Crippen LogP contribution in [0.15, 0.2) is 59.8 Å². The highest BCUT2D eigenvalue weighted by Gasteiger charge is 2.45. The fourth-order valence-electron chi connectivity index (χ4n) is 6.87. The van der Waals surface area contributed by atoms with E-state index < -0.39 is 35.6 Å². The topological polar surface area (TPSA) is 57.4 Å². The summed E-state index contributed by atoms with van der Waals surface area (Å²) in [6.07, 6.45) is 1.06. The Balaban J connectivity index is 1.36. The van der Waals surface area contributed by atoms with Gasteiger partial charge >= 0.3 is 11.9 Å². The van der Waals surface area contributed by atoms with Gasteiger partial charge in [-0.25, -0.2) is 9.69 Å². The normalized spacial score (nSPS) is 23.2. The van der Waals surface area contributed by atoms with Crippen molar-refractivity contribution in [2.75, 3.05) is 46.4 Å². The third-order valence-electron chi connectivity index (χ3n) is 9.47. The number of hydrogen-bond donors (Lipinski definition) is 1. The number of rotatable bonds is 8. The lowest BCUT2D eigenvalue weighted by Gasteiger charge is -2.46. The number of imidazole rings is 1. The molecule has 244 valence electrons. The predicted molar refractivity (Wildman–Crippen MR) is 160 cm³/mol. The molecule has 0 spiro atoms. The highest BCUT2D eigenvalue weighted by atomic mass is 19.4. The molecule has 1 N–H and O–H groups in total. The molecule has 0 saturated carbocycles. The summed E-state index contributed by atoms with van der Waals surface area (Å²) in [4.78, 5) is 19.2. The summed E-state index contributed by atoms with van der Waals surface area (Å²) in [6, 6.07) is 8.32. The number of halogens is 5. The summed E-state index contributed by atoms with van der Waals surface area (Å²) in [7, 11) is 2.04. The molecule has 3 aliphatic heterocycles. The molecule has 1 unspecified atom stereocenters. The molecule has 3 aromatic rings. The molecule has 0 bridgehead atoms. The van der Waals surface area contributed by atoms with Gasteiger partial charge in [-0.15, -0.1) is 0 Å². The van der Waals surface area contributed by atoms with Crippen molar-refractivity contribution in [3.05, 3.63) is 82.2 Å². The monoisotopic (exact) mass is 634 g/mol. The number of nitrogens with zero attached hydrogens (tertiary/aromatic N) is 5. The molecular formula is C32H39F5N6O2. The van der Waals surface area contributed by atoms with Crippen molar-refractivity contribution in [3.63, 3.8) is 0 Å². The van der Waals surface area contributed by atoms with Gasteiger partial charge in [-0.2, -0.15) is 22.0 Å².